The largest absolute Gasteiger partial charge is 0.330 e. The van der Waals surface area contributed by atoms with Crippen LogP contribution in [-0.2, 0) is 18.8 Å². The lowest BCUT2D eigenvalue weighted by Crippen LogP contribution is -2.31. The molecular formula is C16H22N6O2S3. The molecule has 27 heavy (non-hydrogen) atoms. The van der Waals surface area contributed by atoms with Crippen LogP contribution in [0.3, 0.4) is 0 Å². The summed E-state index contributed by atoms with van der Waals surface area (Å²) in [5.74, 6) is 2.29. The highest BCUT2D eigenvalue weighted by atomic mass is 32.2. The molecule has 0 amide bonds. The topological polar surface area (TPSA) is 98.5 Å². The summed E-state index contributed by atoms with van der Waals surface area (Å²) >= 11 is 4.78. The second-order valence-electron chi connectivity index (χ2n) is 5.76. The maximum atomic E-state index is 12.4. The Bertz CT molecular complexity index is 1040. The van der Waals surface area contributed by atoms with Crippen LogP contribution in [-0.4, -0.2) is 35.1 Å². The van der Waals surface area contributed by atoms with Crippen molar-refractivity contribution in [3.8, 4) is 0 Å². The van der Waals surface area contributed by atoms with Gasteiger partial charge in [0.05, 0.1) is 5.75 Å². The molecule has 0 saturated carbocycles. The molecule has 0 fully saturated rings. The van der Waals surface area contributed by atoms with Crippen LogP contribution in [0.2, 0.25) is 0 Å². The lowest BCUT2D eigenvalue weighted by Gasteiger charge is -2.06. The molecule has 146 valence electrons. The van der Waals surface area contributed by atoms with Crippen molar-refractivity contribution >= 4 is 46.0 Å². The maximum Gasteiger partial charge on any atom is 0.330 e. The van der Waals surface area contributed by atoms with Gasteiger partial charge >= 0.3 is 5.69 Å². The molecule has 3 aromatic rings. The van der Waals surface area contributed by atoms with E-state index in [1.807, 2.05) is 11.5 Å². The molecule has 3 heterocycles. The third kappa shape index (κ3) is 4.30. The van der Waals surface area contributed by atoms with Crippen molar-refractivity contribution in [2.45, 2.75) is 61.1 Å². The van der Waals surface area contributed by atoms with E-state index in [1.54, 1.807) is 39.4 Å². The minimum absolute atomic E-state index is 0.383. The van der Waals surface area contributed by atoms with Gasteiger partial charge in [-0.1, -0.05) is 55.1 Å². The Kier molecular flexibility index (Phi) is 6.77. The molecule has 0 aliphatic rings. The zero-order chi connectivity index (χ0) is 19.4. The number of hydrogen-bond acceptors (Lipinski definition) is 8. The molecule has 0 spiro atoms. The average molecular weight is 427 g/mol. The SMILES string of the molecule is CCCCn1c(=O)[nH]c(=O)c2c1nc(CSc1nnc(SCC)s1)n2CC. The summed E-state index contributed by atoms with van der Waals surface area (Å²) < 4.78 is 5.28. The van der Waals surface area contributed by atoms with E-state index in [0.29, 0.717) is 30.0 Å². The van der Waals surface area contributed by atoms with Crippen LogP contribution in [0.5, 0.6) is 0 Å². The first-order valence-electron chi connectivity index (χ1n) is 8.90. The van der Waals surface area contributed by atoms with Gasteiger partial charge in [-0.3, -0.25) is 14.3 Å². The summed E-state index contributed by atoms with van der Waals surface area (Å²) in [7, 11) is 0. The van der Waals surface area contributed by atoms with Crippen LogP contribution in [0.25, 0.3) is 11.2 Å². The normalized spacial score (nSPS) is 11.5. The molecule has 0 bridgehead atoms. The van der Waals surface area contributed by atoms with Crippen LogP contribution in [0.15, 0.2) is 18.3 Å². The Morgan fingerprint density at radius 2 is 1.81 bits per heavy atom. The van der Waals surface area contributed by atoms with Gasteiger partial charge in [-0.25, -0.2) is 9.78 Å². The van der Waals surface area contributed by atoms with E-state index >= 15 is 0 Å². The Hall–Kier alpha value is -1.59. The Morgan fingerprint density at radius 1 is 1.07 bits per heavy atom. The van der Waals surface area contributed by atoms with E-state index in [4.69, 9.17) is 0 Å². The van der Waals surface area contributed by atoms with Gasteiger partial charge in [0.25, 0.3) is 5.56 Å². The molecule has 0 aromatic carbocycles. The molecule has 0 unspecified atom stereocenters. The number of unbranched alkanes of at least 4 members (excludes halogenated alkanes) is 1. The zero-order valence-electron chi connectivity index (χ0n) is 15.5. The number of rotatable bonds is 9. The number of nitrogens with zero attached hydrogens (tertiary/aromatic N) is 5. The highest BCUT2D eigenvalue weighted by Crippen LogP contribution is 2.30. The van der Waals surface area contributed by atoms with E-state index in [9.17, 15) is 9.59 Å². The number of nitrogens with one attached hydrogen (secondary N) is 1. The number of aryl methyl sites for hydroxylation is 2. The summed E-state index contributed by atoms with van der Waals surface area (Å²) in [6.07, 6.45) is 1.81. The number of imidazole rings is 1. The number of fused-ring (bicyclic) bond motifs is 1. The third-order valence-corrected chi connectivity index (χ3v) is 7.06. The van der Waals surface area contributed by atoms with E-state index in [2.05, 4.69) is 34.0 Å². The molecule has 1 N–H and O–H groups in total. The second-order valence-corrected chi connectivity index (χ2v) is 9.48. The number of aromatic nitrogens is 6. The fraction of sp³-hybridized carbons (Fsp3) is 0.562. The fourth-order valence-corrected chi connectivity index (χ4v) is 5.62. The van der Waals surface area contributed by atoms with Crippen LogP contribution in [0.1, 0.15) is 39.4 Å². The number of H-pyrrole nitrogens is 1. The zero-order valence-corrected chi connectivity index (χ0v) is 18.0. The average Bonchev–Trinajstić information content (AvgIpc) is 3.24. The van der Waals surface area contributed by atoms with Crippen LogP contribution in [0, 0.1) is 0 Å². The molecule has 0 aliphatic carbocycles. The van der Waals surface area contributed by atoms with Crippen molar-refractivity contribution in [2.24, 2.45) is 0 Å². The first-order chi connectivity index (χ1) is 13.1. The molecule has 11 heteroatoms. The van der Waals surface area contributed by atoms with Crippen molar-refractivity contribution in [3.63, 3.8) is 0 Å². The second kappa shape index (κ2) is 9.07. The third-order valence-electron chi connectivity index (χ3n) is 4.00. The summed E-state index contributed by atoms with van der Waals surface area (Å²) in [5, 5.41) is 8.36. The molecule has 3 aromatic heterocycles. The van der Waals surface area contributed by atoms with Gasteiger partial charge in [0.15, 0.2) is 19.8 Å². The van der Waals surface area contributed by atoms with Gasteiger partial charge in [0.2, 0.25) is 0 Å². The van der Waals surface area contributed by atoms with Gasteiger partial charge in [-0.15, -0.1) is 10.2 Å². The molecule has 0 saturated heterocycles. The van der Waals surface area contributed by atoms with Crippen molar-refractivity contribution in [2.75, 3.05) is 5.75 Å². The first kappa shape index (κ1) is 20.2. The summed E-state index contributed by atoms with van der Waals surface area (Å²) in [4.78, 5) is 31.7. The highest BCUT2D eigenvalue weighted by Gasteiger charge is 2.18. The molecular weight excluding hydrogens is 404 g/mol. The fourth-order valence-electron chi connectivity index (χ4n) is 2.76. The molecule has 0 radical (unpaired) electrons. The van der Waals surface area contributed by atoms with Crippen LogP contribution in [0.4, 0.5) is 0 Å². The predicted octanol–water partition coefficient (Wildman–Crippen LogP) is 2.96. The molecule has 8 nitrogen and oxygen atoms in total. The number of thioether (sulfide) groups is 2. The Balaban J connectivity index is 1.96. The minimum Gasteiger partial charge on any atom is -0.322 e. The first-order valence-corrected chi connectivity index (χ1v) is 11.7. The van der Waals surface area contributed by atoms with E-state index in [-0.39, 0.29) is 5.56 Å². The van der Waals surface area contributed by atoms with Crippen molar-refractivity contribution in [1.29, 1.82) is 0 Å². The smallest absolute Gasteiger partial charge is 0.322 e. The quantitative estimate of drug-likeness (QED) is 0.525. The molecule has 0 aliphatic heterocycles. The highest BCUT2D eigenvalue weighted by molar-refractivity contribution is 8.02. The van der Waals surface area contributed by atoms with E-state index in [1.165, 1.54) is 0 Å². The van der Waals surface area contributed by atoms with Gasteiger partial charge in [-0.05, 0) is 19.1 Å². The summed E-state index contributed by atoms with van der Waals surface area (Å²) in [5.41, 5.74) is 0.148. The van der Waals surface area contributed by atoms with E-state index in [0.717, 1.165) is 33.1 Å². The van der Waals surface area contributed by atoms with Gasteiger partial charge < -0.3 is 4.57 Å². The van der Waals surface area contributed by atoms with Gasteiger partial charge in [-0.2, -0.15) is 0 Å². The van der Waals surface area contributed by atoms with Crippen LogP contribution < -0.4 is 11.2 Å². The monoisotopic (exact) mass is 426 g/mol. The van der Waals surface area contributed by atoms with Crippen LogP contribution >= 0.6 is 34.9 Å². The van der Waals surface area contributed by atoms with E-state index < -0.39 is 5.69 Å². The number of aromatic amines is 1. The van der Waals surface area contributed by atoms with Gasteiger partial charge in [0.1, 0.15) is 5.82 Å². The lowest BCUT2D eigenvalue weighted by molar-refractivity contribution is 0.613. The minimum atomic E-state index is -0.397. The number of hydrogen-bond donors (Lipinski definition) is 1. The summed E-state index contributed by atoms with van der Waals surface area (Å²) in [6.45, 7) is 7.27. The van der Waals surface area contributed by atoms with Crippen molar-refractivity contribution in [1.82, 2.24) is 29.3 Å². The Labute approximate surface area is 168 Å². The van der Waals surface area contributed by atoms with Crippen molar-refractivity contribution < 1.29 is 0 Å². The molecule has 0 atom stereocenters. The summed E-state index contributed by atoms with van der Waals surface area (Å²) in [6, 6.07) is 0. The standard InChI is InChI=1S/C16H22N6O2S3/c1-4-7-8-22-12-11(13(23)18-14(22)24)21(5-2)10(17-12)9-26-16-20-19-15(27-16)25-6-3/h4-9H2,1-3H3,(H,18,23,24). The van der Waals surface area contributed by atoms with Gasteiger partial charge in [0, 0.05) is 13.1 Å². The maximum absolute atomic E-state index is 12.4. The predicted molar refractivity (Wildman–Crippen MR) is 111 cm³/mol. The lowest BCUT2D eigenvalue weighted by atomic mass is 10.3. The Morgan fingerprint density at radius 3 is 2.48 bits per heavy atom. The molecule has 3 rings (SSSR count). The van der Waals surface area contributed by atoms with Crippen molar-refractivity contribution in [3.05, 3.63) is 26.7 Å².